The minimum atomic E-state index is -3.44. The molecule has 4 aromatic carbocycles. The Bertz CT molecular complexity index is 1640. The van der Waals surface area contributed by atoms with E-state index in [-0.39, 0.29) is 39.8 Å². The van der Waals surface area contributed by atoms with Crippen LogP contribution in [0.3, 0.4) is 0 Å². The van der Waals surface area contributed by atoms with E-state index in [0.29, 0.717) is 24.4 Å². The normalized spacial score (nSPS) is 12.1. The third-order valence-electron chi connectivity index (χ3n) is 8.63. The smallest absolute Gasteiger partial charge is 0.264 e. The van der Waals surface area contributed by atoms with Gasteiger partial charge in [-0.15, -0.1) is 12.4 Å². The lowest BCUT2D eigenvalue weighted by molar-refractivity contribution is 0.170. The zero-order valence-electron chi connectivity index (χ0n) is 30.7. The maximum absolute atomic E-state index is 11.2. The van der Waals surface area contributed by atoms with Gasteiger partial charge in [-0.05, 0) is 84.2 Å². The summed E-state index contributed by atoms with van der Waals surface area (Å²) < 4.78 is 38.6. The lowest BCUT2D eigenvalue weighted by atomic mass is 9.86. The van der Waals surface area contributed by atoms with Crippen molar-refractivity contribution in [2.75, 3.05) is 33.6 Å². The van der Waals surface area contributed by atoms with Crippen LogP contribution in [0.5, 0.6) is 11.5 Å². The Balaban J connectivity index is 0.000000929. The fraction of sp³-hybridized carbons (Fsp3) is 0.442. The molecule has 0 aliphatic heterocycles. The monoisotopic (exact) mass is 741 g/mol. The molecule has 0 aliphatic carbocycles. The molecule has 8 heteroatoms. The topological polar surface area (TPSA) is 65.1 Å². The summed E-state index contributed by atoms with van der Waals surface area (Å²) >= 11 is 0. The predicted molar refractivity (Wildman–Crippen MR) is 220 cm³/mol. The molecule has 0 saturated heterocycles. The lowest BCUT2D eigenvalue weighted by Gasteiger charge is -2.32. The fourth-order valence-corrected chi connectivity index (χ4v) is 6.73. The number of hydrogen-bond acceptors (Lipinski definition) is 6. The van der Waals surface area contributed by atoms with Crippen molar-refractivity contribution in [1.82, 2.24) is 4.90 Å². The largest absolute Gasteiger partial charge is 0.496 e. The van der Waals surface area contributed by atoms with E-state index in [2.05, 4.69) is 94.1 Å². The van der Waals surface area contributed by atoms with Crippen molar-refractivity contribution in [3.8, 4) is 11.5 Å². The number of benzene rings is 4. The van der Waals surface area contributed by atoms with Crippen molar-refractivity contribution in [3.63, 3.8) is 0 Å². The van der Waals surface area contributed by atoms with Crippen molar-refractivity contribution in [1.29, 1.82) is 0 Å². The molecule has 0 radical (unpaired) electrons. The van der Waals surface area contributed by atoms with Crippen LogP contribution in [0.1, 0.15) is 101 Å². The Morgan fingerprint density at radius 2 is 1.02 bits per heavy atom. The summed E-state index contributed by atoms with van der Waals surface area (Å²) in [5.41, 5.74) is 7.20. The molecule has 2 unspecified atom stereocenters. The number of methoxy groups -OCH3 is 2. The molecule has 0 spiro atoms. The zero-order chi connectivity index (χ0) is 35.3. The second-order valence-electron chi connectivity index (χ2n) is 12.9. The van der Waals surface area contributed by atoms with E-state index in [1.165, 1.54) is 16.7 Å². The average Bonchev–Trinajstić information content (AvgIpc) is 3.05. The van der Waals surface area contributed by atoms with Crippen LogP contribution in [0.25, 0.3) is 0 Å². The Labute approximate surface area is 317 Å². The first-order chi connectivity index (χ1) is 22.8. The van der Waals surface area contributed by atoms with Crippen LogP contribution in [-0.2, 0) is 14.3 Å². The van der Waals surface area contributed by atoms with Gasteiger partial charge < -0.3 is 9.47 Å². The third kappa shape index (κ3) is 15.0. The molecular formula is C43H64ClNO5S. The van der Waals surface area contributed by atoms with E-state index in [4.69, 9.17) is 13.7 Å². The van der Waals surface area contributed by atoms with Gasteiger partial charge in [0.25, 0.3) is 10.1 Å². The second kappa shape index (κ2) is 23.3. The van der Waals surface area contributed by atoms with Crippen molar-refractivity contribution in [3.05, 3.63) is 130 Å². The molecular weight excluding hydrogens is 678 g/mol. The van der Waals surface area contributed by atoms with E-state index < -0.39 is 10.1 Å². The maximum Gasteiger partial charge on any atom is 0.264 e. The highest BCUT2D eigenvalue weighted by Gasteiger charge is 2.22. The molecule has 6 nitrogen and oxygen atoms in total. The molecule has 0 aromatic heterocycles. The van der Waals surface area contributed by atoms with Gasteiger partial charge in [-0.25, -0.2) is 0 Å². The van der Waals surface area contributed by atoms with E-state index in [1.807, 2.05) is 49.4 Å². The van der Waals surface area contributed by atoms with Gasteiger partial charge in [0.2, 0.25) is 0 Å². The average molecular weight is 743 g/mol. The molecule has 0 saturated carbocycles. The molecule has 284 valence electrons. The molecule has 0 N–H and O–H groups in total. The number of rotatable bonds is 15. The highest BCUT2D eigenvalue weighted by molar-refractivity contribution is 7.85. The molecule has 0 heterocycles. The van der Waals surface area contributed by atoms with Gasteiger partial charge in [-0.1, -0.05) is 111 Å². The van der Waals surface area contributed by atoms with E-state index >= 15 is 0 Å². The van der Waals surface area contributed by atoms with E-state index in [1.54, 1.807) is 14.2 Å². The van der Waals surface area contributed by atoms with Gasteiger partial charge in [0.15, 0.2) is 0 Å². The van der Waals surface area contributed by atoms with E-state index in [9.17, 15) is 8.42 Å². The van der Waals surface area contributed by atoms with Crippen LogP contribution in [0.4, 0.5) is 0 Å². The molecule has 0 amide bonds. The van der Waals surface area contributed by atoms with Gasteiger partial charge in [-0.2, -0.15) is 8.42 Å². The summed E-state index contributed by atoms with van der Waals surface area (Å²) in [5, 5.41) is 0. The second-order valence-corrected chi connectivity index (χ2v) is 14.6. The Morgan fingerprint density at radius 1 is 0.627 bits per heavy atom. The number of aryl methyl sites for hydroxylation is 2. The SMILES string of the molecule is C.C.COc1ccc(C)cc1C(CCN(C(C)C)C(C)C)c1ccccc1.COc1ccc(C)cc1C(CCOS(C)(=O)=O)c1ccccc1.Cl. The molecule has 4 rings (SSSR count). The molecule has 0 aliphatic rings. The summed E-state index contributed by atoms with van der Waals surface area (Å²) in [7, 11) is -0.0286. The van der Waals surface area contributed by atoms with Crippen LogP contribution in [0, 0.1) is 13.8 Å². The Morgan fingerprint density at radius 3 is 1.37 bits per heavy atom. The van der Waals surface area contributed by atoms with Crippen molar-refractivity contribution in [2.24, 2.45) is 0 Å². The van der Waals surface area contributed by atoms with Gasteiger partial charge in [0.05, 0.1) is 27.1 Å². The number of nitrogens with zero attached hydrogens (tertiary/aromatic N) is 1. The minimum absolute atomic E-state index is 0. The van der Waals surface area contributed by atoms with Gasteiger partial charge in [-0.3, -0.25) is 9.08 Å². The number of halogens is 1. The number of ether oxygens (including phenoxy) is 2. The lowest BCUT2D eigenvalue weighted by Crippen LogP contribution is -2.38. The minimum Gasteiger partial charge on any atom is -0.496 e. The fourth-order valence-electron chi connectivity index (χ4n) is 6.33. The Hall–Kier alpha value is -3.36. The third-order valence-corrected chi connectivity index (χ3v) is 9.23. The summed E-state index contributed by atoms with van der Waals surface area (Å²) in [6.45, 7) is 14.5. The van der Waals surface area contributed by atoms with Crippen molar-refractivity contribution in [2.45, 2.75) is 93.2 Å². The quantitative estimate of drug-likeness (QED) is 0.113. The highest BCUT2D eigenvalue weighted by Crippen LogP contribution is 2.36. The summed E-state index contributed by atoms with van der Waals surface area (Å²) in [4.78, 5) is 2.57. The molecule has 0 fully saturated rings. The first-order valence-corrected chi connectivity index (χ1v) is 18.6. The van der Waals surface area contributed by atoms with Crippen LogP contribution < -0.4 is 9.47 Å². The molecule has 51 heavy (non-hydrogen) atoms. The standard InChI is InChI=1S/C23H33NO.C18H22O4S.2CH4.ClH/c1-17(2)24(18(3)4)15-14-21(20-10-8-7-9-11-20)22-16-19(5)12-13-23(22)25-6;1-14-9-10-18(21-2)17(13-14)16(11-12-22-23(3,19)20)15-7-5-4-6-8-15;;;/h7-13,16-18,21H,14-15H2,1-6H3;4-10,13,16H,11-12H2,1-3H3;2*1H4;1H. The molecule has 0 bridgehead atoms. The molecule has 2 atom stereocenters. The first-order valence-electron chi connectivity index (χ1n) is 16.8. The Kier molecular flexibility index (Phi) is 21.7. The molecule has 4 aromatic rings. The predicted octanol–water partition coefficient (Wildman–Crippen LogP) is 10.8. The maximum atomic E-state index is 11.2. The first kappa shape index (κ1) is 47.6. The van der Waals surface area contributed by atoms with Crippen molar-refractivity contribution < 1.29 is 22.1 Å². The summed E-state index contributed by atoms with van der Waals surface area (Å²) in [5.74, 6) is 2.13. The highest BCUT2D eigenvalue weighted by atomic mass is 35.5. The van der Waals surface area contributed by atoms with Crippen LogP contribution in [-0.4, -0.2) is 59.0 Å². The van der Waals surface area contributed by atoms with Crippen LogP contribution >= 0.6 is 12.4 Å². The van der Waals surface area contributed by atoms with E-state index in [0.717, 1.165) is 47.4 Å². The van der Waals surface area contributed by atoms with Gasteiger partial charge >= 0.3 is 0 Å². The summed E-state index contributed by atoms with van der Waals surface area (Å²) in [6, 6.07) is 34.4. The van der Waals surface area contributed by atoms with Crippen LogP contribution in [0.15, 0.2) is 97.1 Å². The van der Waals surface area contributed by atoms with Gasteiger partial charge in [0, 0.05) is 35.0 Å². The summed E-state index contributed by atoms with van der Waals surface area (Å²) in [6.07, 6.45) is 2.70. The zero-order valence-corrected chi connectivity index (χ0v) is 32.3. The van der Waals surface area contributed by atoms with Crippen molar-refractivity contribution >= 4 is 22.5 Å². The number of hydrogen-bond donors (Lipinski definition) is 0. The van der Waals surface area contributed by atoms with Crippen LogP contribution in [0.2, 0.25) is 0 Å². The van der Waals surface area contributed by atoms with Gasteiger partial charge in [0.1, 0.15) is 11.5 Å².